The maximum Gasteiger partial charge on any atom is 0.267 e. The first-order chi connectivity index (χ1) is 11.2. The summed E-state index contributed by atoms with van der Waals surface area (Å²) in [5.74, 6) is 4.64. The third-order valence-corrected chi connectivity index (χ3v) is 2.80. The quantitative estimate of drug-likeness (QED) is 0.352. The van der Waals surface area contributed by atoms with Gasteiger partial charge < -0.3 is 5.32 Å². The summed E-state index contributed by atoms with van der Waals surface area (Å²) < 4.78 is 0. The topological polar surface area (TPSA) is 78.4 Å². The molecule has 0 aliphatic carbocycles. The molecule has 0 spiro atoms. The standard InChI is InChI=1S/C18H14N2O3/c21-17(20-23)12-5-4-7-14-8-6-11-16(13-14)19-18(22)15-9-2-1-3-10-15/h1-3,5-6,8-13,23H,(H,19,22)(H,20,21). The molecule has 5 heteroatoms. The van der Waals surface area contributed by atoms with Gasteiger partial charge in [-0.15, -0.1) is 0 Å². The summed E-state index contributed by atoms with van der Waals surface area (Å²) in [4.78, 5) is 22.8. The maximum atomic E-state index is 12.1. The Morgan fingerprint density at radius 3 is 2.57 bits per heavy atom. The van der Waals surface area contributed by atoms with Gasteiger partial charge in [0.1, 0.15) is 0 Å². The molecule has 3 N–H and O–H groups in total. The normalized spacial score (nSPS) is 9.78. The van der Waals surface area contributed by atoms with Crippen molar-refractivity contribution in [2.75, 3.05) is 5.32 Å². The summed E-state index contributed by atoms with van der Waals surface area (Å²) >= 11 is 0. The Labute approximate surface area is 133 Å². The van der Waals surface area contributed by atoms with E-state index in [0.717, 1.165) is 6.08 Å². The Kier molecular flexibility index (Phi) is 5.69. The highest BCUT2D eigenvalue weighted by Crippen LogP contribution is 2.11. The van der Waals surface area contributed by atoms with Crippen LogP contribution in [0.3, 0.4) is 0 Å². The number of carbonyl (C=O) groups is 2. The van der Waals surface area contributed by atoms with Crippen LogP contribution in [-0.2, 0) is 4.79 Å². The minimum atomic E-state index is -0.650. The summed E-state index contributed by atoms with van der Waals surface area (Å²) in [5, 5.41) is 11.1. The third-order valence-electron chi connectivity index (χ3n) is 2.80. The fraction of sp³-hybridized carbons (Fsp3) is 0. The number of hydroxylamine groups is 1. The summed E-state index contributed by atoms with van der Waals surface area (Å²) in [5.41, 5.74) is 3.35. The first-order valence-corrected chi connectivity index (χ1v) is 6.77. The molecule has 114 valence electrons. The van der Waals surface area contributed by atoms with Crippen molar-refractivity contribution in [3.63, 3.8) is 0 Å². The van der Waals surface area contributed by atoms with Gasteiger partial charge in [0.05, 0.1) is 0 Å². The molecule has 2 rings (SSSR count). The van der Waals surface area contributed by atoms with E-state index in [2.05, 4.69) is 17.2 Å². The van der Waals surface area contributed by atoms with Crippen molar-refractivity contribution >= 4 is 17.5 Å². The van der Waals surface area contributed by atoms with Gasteiger partial charge in [0, 0.05) is 22.9 Å². The lowest BCUT2D eigenvalue weighted by atomic mass is 10.1. The Morgan fingerprint density at radius 1 is 1.04 bits per heavy atom. The highest BCUT2D eigenvalue weighted by atomic mass is 16.5. The van der Waals surface area contributed by atoms with Crippen molar-refractivity contribution in [1.82, 2.24) is 5.48 Å². The van der Waals surface area contributed by atoms with E-state index in [4.69, 9.17) is 5.21 Å². The number of amides is 2. The molecule has 0 aliphatic heterocycles. The minimum absolute atomic E-state index is 0.199. The van der Waals surface area contributed by atoms with Crippen molar-refractivity contribution < 1.29 is 14.8 Å². The van der Waals surface area contributed by atoms with Crippen LogP contribution in [0.25, 0.3) is 0 Å². The molecule has 0 saturated heterocycles. The first-order valence-electron chi connectivity index (χ1n) is 6.77. The van der Waals surface area contributed by atoms with E-state index < -0.39 is 5.91 Å². The van der Waals surface area contributed by atoms with Crippen molar-refractivity contribution in [2.45, 2.75) is 0 Å². The van der Waals surface area contributed by atoms with E-state index >= 15 is 0 Å². The van der Waals surface area contributed by atoms with Crippen molar-refractivity contribution in [3.05, 3.63) is 77.9 Å². The molecule has 2 aromatic rings. The van der Waals surface area contributed by atoms with E-state index in [-0.39, 0.29) is 5.91 Å². The van der Waals surface area contributed by atoms with E-state index in [1.54, 1.807) is 48.5 Å². The van der Waals surface area contributed by atoms with Gasteiger partial charge in [0.25, 0.3) is 11.8 Å². The van der Waals surface area contributed by atoms with E-state index in [1.165, 1.54) is 11.6 Å². The zero-order valence-corrected chi connectivity index (χ0v) is 12.1. The first kappa shape index (κ1) is 16.0. The van der Waals surface area contributed by atoms with Crippen LogP contribution in [0.4, 0.5) is 5.69 Å². The number of nitrogens with one attached hydrogen (secondary N) is 2. The fourth-order valence-corrected chi connectivity index (χ4v) is 1.75. The molecule has 0 atom stereocenters. The predicted molar refractivity (Wildman–Crippen MR) is 86.8 cm³/mol. The zero-order valence-electron chi connectivity index (χ0n) is 12.1. The number of hydrogen-bond donors (Lipinski definition) is 3. The van der Waals surface area contributed by atoms with Crippen molar-refractivity contribution in [2.24, 2.45) is 0 Å². The SMILES string of the molecule is O=C(C=CC#Cc1cccc(NC(=O)c2ccccc2)c1)NO. The molecule has 2 amide bonds. The lowest BCUT2D eigenvalue weighted by molar-refractivity contribution is -0.124. The molecule has 0 aromatic heterocycles. The molecule has 0 heterocycles. The fourth-order valence-electron chi connectivity index (χ4n) is 1.75. The molecule has 0 radical (unpaired) electrons. The van der Waals surface area contributed by atoms with E-state index in [0.29, 0.717) is 16.8 Å². The Balaban J connectivity index is 2.06. The average molecular weight is 306 g/mol. The van der Waals surface area contributed by atoms with Gasteiger partial charge in [0.2, 0.25) is 0 Å². The van der Waals surface area contributed by atoms with Crippen LogP contribution in [0.2, 0.25) is 0 Å². The van der Waals surface area contributed by atoms with Crippen molar-refractivity contribution in [1.29, 1.82) is 0 Å². The molecule has 5 nitrogen and oxygen atoms in total. The molecular weight excluding hydrogens is 292 g/mol. The maximum absolute atomic E-state index is 12.1. The van der Waals surface area contributed by atoms with Gasteiger partial charge in [-0.3, -0.25) is 14.8 Å². The Morgan fingerprint density at radius 2 is 1.83 bits per heavy atom. The number of hydrogen-bond acceptors (Lipinski definition) is 3. The van der Waals surface area contributed by atoms with Crippen LogP contribution in [0.15, 0.2) is 66.7 Å². The highest BCUT2D eigenvalue weighted by Gasteiger charge is 2.04. The number of carbonyl (C=O) groups excluding carboxylic acids is 2. The lowest BCUT2D eigenvalue weighted by Crippen LogP contribution is -2.14. The highest BCUT2D eigenvalue weighted by molar-refractivity contribution is 6.04. The molecule has 23 heavy (non-hydrogen) atoms. The molecule has 0 bridgehead atoms. The summed E-state index contributed by atoms with van der Waals surface area (Å²) in [6.07, 6.45) is 2.43. The Hall–Kier alpha value is -3.36. The van der Waals surface area contributed by atoms with Gasteiger partial charge >= 0.3 is 0 Å². The number of benzene rings is 2. The average Bonchev–Trinajstić information content (AvgIpc) is 2.59. The van der Waals surface area contributed by atoms with Crippen LogP contribution < -0.4 is 10.8 Å². The second-order valence-corrected chi connectivity index (χ2v) is 4.48. The van der Waals surface area contributed by atoms with Gasteiger partial charge in [-0.25, -0.2) is 5.48 Å². The second kappa shape index (κ2) is 8.17. The van der Waals surface area contributed by atoms with E-state index in [9.17, 15) is 9.59 Å². The monoisotopic (exact) mass is 306 g/mol. The summed E-state index contributed by atoms with van der Waals surface area (Å²) in [7, 11) is 0. The number of rotatable bonds is 3. The molecule has 0 aliphatic rings. The van der Waals surface area contributed by atoms with Gasteiger partial charge in [0.15, 0.2) is 0 Å². The number of allylic oxidation sites excluding steroid dienone is 1. The Bertz CT molecular complexity index is 787. The zero-order chi connectivity index (χ0) is 16.5. The van der Waals surface area contributed by atoms with Crippen LogP contribution in [0.1, 0.15) is 15.9 Å². The van der Waals surface area contributed by atoms with Gasteiger partial charge in [-0.1, -0.05) is 36.1 Å². The van der Waals surface area contributed by atoms with Crippen molar-refractivity contribution in [3.8, 4) is 11.8 Å². The smallest absolute Gasteiger partial charge is 0.267 e. The van der Waals surface area contributed by atoms with Crippen LogP contribution in [0, 0.1) is 11.8 Å². The molecule has 0 fully saturated rings. The minimum Gasteiger partial charge on any atom is -0.322 e. The summed E-state index contributed by atoms with van der Waals surface area (Å²) in [6.45, 7) is 0. The van der Waals surface area contributed by atoms with Gasteiger partial charge in [-0.05, 0) is 36.4 Å². The molecule has 2 aromatic carbocycles. The summed E-state index contributed by atoms with van der Waals surface area (Å²) in [6, 6.07) is 16.0. The molecule has 0 unspecified atom stereocenters. The van der Waals surface area contributed by atoms with Crippen LogP contribution in [-0.4, -0.2) is 17.0 Å². The van der Waals surface area contributed by atoms with Gasteiger partial charge in [-0.2, -0.15) is 0 Å². The third kappa shape index (κ3) is 5.16. The van der Waals surface area contributed by atoms with Crippen LogP contribution >= 0.6 is 0 Å². The largest absolute Gasteiger partial charge is 0.322 e. The molecule has 0 saturated carbocycles. The van der Waals surface area contributed by atoms with E-state index in [1.807, 2.05) is 6.07 Å². The van der Waals surface area contributed by atoms with Crippen LogP contribution in [0.5, 0.6) is 0 Å². The number of anilines is 1. The second-order valence-electron chi connectivity index (χ2n) is 4.48. The molecular formula is C18H14N2O3. The lowest BCUT2D eigenvalue weighted by Gasteiger charge is -2.05. The predicted octanol–water partition coefficient (Wildman–Crippen LogP) is 2.35.